The molecule has 2 rings (SSSR count). The Morgan fingerprint density at radius 2 is 2.04 bits per heavy atom. The van der Waals surface area contributed by atoms with Crippen molar-refractivity contribution in [1.82, 2.24) is 4.90 Å². The van der Waals surface area contributed by atoms with Gasteiger partial charge >= 0.3 is 0 Å². The van der Waals surface area contributed by atoms with Crippen LogP contribution >= 0.6 is 0 Å². The van der Waals surface area contributed by atoms with Gasteiger partial charge in [0.25, 0.3) is 0 Å². The first-order chi connectivity index (χ1) is 11.2. The molecule has 1 saturated carbocycles. The molecule has 0 heterocycles. The quantitative estimate of drug-likeness (QED) is 0.831. The van der Waals surface area contributed by atoms with E-state index in [-0.39, 0.29) is 17.4 Å². The number of nitrogens with two attached hydrogens (primary N) is 1. The lowest BCUT2D eigenvalue weighted by atomic mass is 9.54. The second-order valence-corrected chi connectivity index (χ2v) is 7.18. The van der Waals surface area contributed by atoms with E-state index < -0.39 is 5.54 Å². The van der Waals surface area contributed by atoms with Crippen LogP contribution in [0.4, 0.5) is 0 Å². The molecule has 1 aliphatic rings. The molecule has 0 saturated heterocycles. The number of benzene rings is 1. The van der Waals surface area contributed by atoms with E-state index in [1.54, 1.807) is 11.9 Å². The van der Waals surface area contributed by atoms with Gasteiger partial charge in [0.2, 0.25) is 5.91 Å². The number of carbonyl (C=O) groups is 1. The summed E-state index contributed by atoms with van der Waals surface area (Å²) in [6, 6.07) is 7.85. The second-order valence-electron chi connectivity index (χ2n) is 7.18. The lowest BCUT2D eigenvalue weighted by Gasteiger charge is -2.58. The van der Waals surface area contributed by atoms with Crippen LogP contribution in [0.3, 0.4) is 0 Å². The van der Waals surface area contributed by atoms with E-state index in [0.29, 0.717) is 26.2 Å². The van der Waals surface area contributed by atoms with E-state index in [0.717, 1.165) is 11.3 Å². The van der Waals surface area contributed by atoms with Crippen LogP contribution in [0.25, 0.3) is 0 Å². The summed E-state index contributed by atoms with van der Waals surface area (Å²) in [6.45, 7) is 9.56. The van der Waals surface area contributed by atoms with Crippen molar-refractivity contribution < 1.29 is 14.3 Å². The van der Waals surface area contributed by atoms with Crippen molar-refractivity contribution in [3.63, 3.8) is 0 Å². The molecule has 5 nitrogen and oxygen atoms in total. The Balaban J connectivity index is 1.90. The summed E-state index contributed by atoms with van der Waals surface area (Å²) in [4.78, 5) is 14.5. The van der Waals surface area contributed by atoms with E-state index in [4.69, 9.17) is 15.2 Å². The lowest BCUT2D eigenvalue weighted by Crippen LogP contribution is -2.75. The van der Waals surface area contributed by atoms with Gasteiger partial charge in [-0.05, 0) is 25.5 Å². The summed E-state index contributed by atoms with van der Waals surface area (Å²) in [5, 5.41) is 0. The van der Waals surface area contributed by atoms with Crippen LogP contribution in [-0.2, 0) is 9.53 Å². The first-order valence-corrected chi connectivity index (χ1v) is 8.58. The molecular weight excluding hydrogens is 304 g/mol. The van der Waals surface area contributed by atoms with Crippen LogP contribution in [-0.4, -0.2) is 49.3 Å². The number of ether oxygens (including phenoxy) is 2. The van der Waals surface area contributed by atoms with Gasteiger partial charge in [-0.15, -0.1) is 0 Å². The fraction of sp³-hybridized carbons (Fsp3) is 0.632. The maximum atomic E-state index is 12.8. The van der Waals surface area contributed by atoms with Crippen LogP contribution in [0, 0.1) is 12.3 Å². The second kappa shape index (κ2) is 7.11. The molecule has 0 aromatic heterocycles. The Morgan fingerprint density at radius 3 is 2.62 bits per heavy atom. The fourth-order valence-electron chi connectivity index (χ4n) is 3.25. The summed E-state index contributed by atoms with van der Waals surface area (Å²) in [5.41, 5.74) is 6.28. The summed E-state index contributed by atoms with van der Waals surface area (Å²) >= 11 is 0. The predicted octanol–water partition coefficient (Wildman–Crippen LogP) is 2.36. The average molecular weight is 334 g/mol. The van der Waals surface area contributed by atoms with E-state index in [1.165, 1.54) is 0 Å². The Bertz CT molecular complexity index is 588. The van der Waals surface area contributed by atoms with Gasteiger partial charge in [-0.3, -0.25) is 4.79 Å². The third-order valence-corrected chi connectivity index (χ3v) is 5.34. The zero-order chi connectivity index (χ0) is 18.0. The van der Waals surface area contributed by atoms with Crippen molar-refractivity contribution in [2.45, 2.75) is 45.8 Å². The Morgan fingerprint density at radius 1 is 1.38 bits per heavy atom. The van der Waals surface area contributed by atoms with Crippen molar-refractivity contribution in [3.8, 4) is 5.75 Å². The van der Waals surface area contributed by atoms with Crippen LogP contribution in [0.1, 0.15) is 32.8 Å². The molecule has 0 radical (unpaired) electrons. The van der Waals surface area contributed by atoms with Gasteiger partial charge in [-0.25, -0.2) is 0 Å². The molecule has 0 bridgehead atoms. The zero-order valence-corrected chi connectivity index (χ0v) is 15.5. The van der Waals surface area contributed by atoms with Crippen LogP contribution in [0.2, 0.25) is 0 Å². The van der Waals surface area contributed by atoms with Crippen LogP contribution < -0.4 is 10.5 Å². The highest BCUT2D eigenvalue weighted by atomic mass is 16.5. The number of hydrogen-bond acceptors (Lipinski definition) is 4. The molecule has 0 spiro atoms. The first-order valence-electron chi connectivity index (χ1n) is 8.58. The van der Waals surface area contributed by atoms with Gasteiger partial charge in [0.15, 0.2) is 0 Å². The average Bonchev–Trinajstić information content (AvgIpc) is 2.55. The predicted molar refractivity (Wildman–Crippen MR) is 95.0 cm³/mol. The number of nitrogens with zero attached hydrogens (tertiary/aromatic N) is 1. The molecule has 2 N–H and O–H groups in total. The molecule has 1 aromatic carbocycles. The van der Waals surface area contributed by atoms with Gasteiger partial charge in [-0.2, -0.15) is 0 Å². The summed E-state index contributed by atoms with van der Waals surface area (Å²) < 4.78 is 11.5. The maximum Gasteiger partial charge on any atom is 0.243 e. The number of carbonyl (C=O) groups excluding carboxylic acids is 1. The van der Waals surface area contributed by atoms with E-state index in [9.17, 15) is 4.79 Å². The molecule has 0 aliphatic heterocycles. The standard InChI is InChI=1S/C19H30N2O3/c1-6-23-16-13-19(20,18(16,3)4)17(22)21(5)11-12-24-15-10-8-7-9-14(15)2/h7-10,16H,6,11-13,20H2,1-5H3. The van der Waals surface area contributed by atoms with Crippen molar-refractivity contribution in [2.75, 3.05) is 26.8 Å². The highest BCUT2D eigenvalue weighted by molar-refractivity contribution is 5.88. The highest BCUT2D eigenvalue weighted by Gasteiger charge is 2.63. The molecule has 1 aliphatic carbocycles. The molecule has 5 heteroatoms. The van der Waals surface area contributed by atoms with Crippen LogP contribution in [0.5, 0.6) is 5.75 Å². The van der Waals surface area contributed by atoms with Crippen molar-refractivity contribution in [3.05, 3.63) is 29.8 Å². The van der Waals surface area contributed by atoms with Crippen molar-refractivity contribution in [1.29, 1.82) is 0 Å². The molecule has 1 amide bonds. The molecule has 2 unspecified atom stereocenters. The number of rotatable bonds is 7. The Labute approximate surface area is 145 Å². The highest BCUT2D eigenvalue weighted by Crippen LogP contribution is 2.50. The number of likely N-dealkylation sites (N-methyl/N-ethyl adjacent to an activating group) is 1. The molecule has 24 heavy (non-hydrogen) atoms. The van der Waals surface area contributed by atoms with Gasteiger partial charge < -0.3 is 20.1 Å². The Hall–Kier alpha value is -1.59. The van der Waals surface area contributed by atoms with Crippen molar-refractivity contribution in [2.24, 2.45) is 11.1 Å². The van der Waals surface area contributed by atoms with Crippen LogP contribution in [0.15, 0.2) is 24.3 Å². The SMILES string of the molecule is CCOC1CC(N)(C(=O)N(C)CCOc2ccccc2C)C1(C)C. The van der Waals surface area contributed by atoms with Gasteiger partial charge in [0, 0.05) is 25.5 Å². The minimum atomic E-state index is -0.871. The molecule has 2 atom stereocenters. The molecule has 1 fully saturated rings. The summed E-state index contributed by atoms with van der Waals surface area (Å²) in [5.74, 6) is 0.804. The van der Waals surface area contributed by atoms with Gasteiger partial charge in [0.05, 0.1) is 12.6 Å². The minimum absolute atomic E-state index is 0.0352. The number of para-hydroxylation sites is 1. The van der Waals surface area contributed by atoms with Gasteiger partial charge in [-0.1, -0.05) is 32.0 Å². The number of aryl methyl sites for hydroxylation is 1. The molecule has 134 valence electrons. The summed E-state index contributed by atoms with van der Waals surface area (Å²) in [7, 11) is 1.78. The van der Waals surface area contributed by atoms with Crippen molar-refractivity contribution >= 4 is 5.91 Å². The largest absolute Gasteiger partial charge is 0.491 e. The Kier molecular flexibility index (Phi) is 5.56. The maximum absolute atomic E-state index is 12.8. The van der Waals surface area contributed by atoms with E-state index >= 15 is 0 Å². The van der Waals surface area contributed by atoms with Gasteiger partial charge in [0.1, 0.15) is 17.9 Å². The number of hydrogen-bond donors (Lipinski definition) is 1. The topological polar surface area (TPSA) is 64.8 Å². The molecule has 1 aromatic rings. The third-order valence-electron chi connectivity index (χ3n) is 5.34. The fourth-order valence-corrected chi connectivity index (χ4v) is 3.25. The third kappa shape index (κ3) is 3.28. The monoisotopic (exact) mass is 334 g/mol. The van der Waals surface area contributed by atoms with E-state index in [2.05, 4.69) is 0 Å². The molecular formula is C19H30N2O3. The van der Waals surface area contributed by atoms with E-state index in [1.807, 2.05) is 52.0 Å². The summed E-state index contributed by atoms with van der Waals surface area (Å²) in [6.07, 6.45) is 0.600. The smallest absolute Gasteiger partial charge is 0.243 e. The normalized spacial score (nSPS) is 25.0. The number of amides is 1. The lowest BCUT2D eigenvalue weighted by molar-refractivity contribution is -0.178. The first kappa shape index (κ1) is 18.7. The zero-order valence-electron chi connectivity index (χ0n) is 15.5. The minimum Gasteiger partial charge on any atom is -0.491 e.